The van der Waals surface area contributed by atoms with Crippen molar-refractivity contribution >= 4 is 50.6 Å². The number of benzene rings is 2. The molecule has 0 spiro atoms. The van der Waals surface area contributed by atoms with Crippen LogP contribution in [0, 0.1) is 0 Å². The zero-order valence-electron chi connectivity index (χ0n) is 14.3. The third-order valence-electron chi connectivity index (χ3n) is 3.59. The number of rotatable bonds is 7. The van der Waals surface area contributed by atoms with E-state index in [1.165, 1.54) is 12.1 Å². The van der Waals surface area contributed by atoms with Crippen molar-refractivity contribution in [3.05, 3.63) is 64.0 Å². The molecule has 0 saturated carbocycles. The number of carbonyl (C=O) groups is 2. The van der Waals surface area contributed by atoms with Crippen LogP contribution in [0.25, 0.3) is 6.08 Å². The summed E-state index contributed by atoms with van der Waals surface area (Å²) in [5.74, 6) is 0.131. The standard InChI is InChI=1S/C18H15ClN2O5S2/c19-13-2-1-3-15(11-13)28(24,25)20-8-9-26-14-6-4-12(5-7-14)10-16-17(22)21-18(23)27-16/h1-7,10-11,20H,8-9H2,(H,21,22,23)/b16-10-. The molecule has 2 aromatic carbocycles. The van der Waals surface area contributed by atoms with Gasteiger partial charge in [0.05, 0.1) is 9.80 Å². The van der Waals surface area contributed by atoms with Gasteiger partial charge in [0.15, 0.2) is 0 Å². The van der Waals surface area contributed by atoms with Gasteiger partial charge in [-0.25, -0.2) is 13.1 Å². The zero-order valence-corrected chi connectivity index (χ0v) is 16.7. The third kappa shape index (κ3) is 5.35. The van der Waals surface area contributed by atoms with Crippen LogP contribution in [0.15, 0.2) is 58.3 Å². The highest BCUT2D eigenvalue weighted by Crippen LogP contribution is 2.26. The van der Waals surface area contributed by atoms with E-state index in [2.05, 4.69) is 10.0 Å². The van der Waals surface area contributed by atoms with Gasteiger partial charge in [0.2, 0.25) is 10.0 Å². The van der Waals surface area contributed by atoms with Crippen LogP contribution < -0.4 is 14.8 Å². The third-order valence-corrected chi connectivity index (χ3v) is 6.09. The molecule has 0 radical (unpaired) electrons. The van der Waals surface area contributed by atoms with Crippen molar-refractivity contribution in [2.75, 3.05) is 13.2 Å². The number of ether oxygens (including phenoxy) is 1. The van der Waals surface area contributed by atoms with Crippen LogP contribution in [-0.4, -0.2) is 32.7 Å². The Morgan fingerprint density at radius 3 is 2.54 bits per heavy atom. The number of hydrogen-bond acceptors (Lipinski definition) is 6. The second-order valence-corrected chi connectivity index (χ2v) is 8.84. The number of halogens is 1. The lowest BCUT2D eigenvalue weighted by Gasteiger charge is -2.09. The summed E-state index contributed by atoms with van der Waals surface area (Å²) in [6.45, 7) is 0.215. The molecule has 0 bridgehead atoms. The minimum atomic E-state index is -3.66. The second-order valence-electron chi connectivity index (χ2n) is 5.62. The van der Waals surface area contributed by atoms with Gasteiger partial charge in [-0.3, -0.25) is 14.9 Å². The molecule has 146 valence electrons. The lowest BCUT2D eigenvalue weighted by molar-refractivity contribution is -0.115. The van der Waals surface area contributed by atoms with Crippen LogP contribution in [0.2, 0.25) is 5.02 Å². The summed E-state index contributed by atoms with van der Waals surface area (Å²) in [4.78, 5) is 23.1. The summed E-state index contributed by atoms with van der Waals surface area (Å²) in [5.41, 5.74) is 0.737. The Labute approximate surface area is 171 Å². The minimum absolute atomic E-state index is 0.0829. The molecule has 7 nitrogen and oxygen atoms in total. The molecule has 0 aliphatic carbocycles. The molecular weight excluding hydrogens is 424 g/mol. The van der Waals surface area contributed by atoms with Crippen molar-refractivity contribution in [3.8, 4) is 5.75 Å². The van der Waals surface area contributed by atoms with Gasteiger partial charge in [-0.1, -0.05) is 29.8 Å². The van der Waals surface area contributed by atoms with Gasteiger partial charge in [-0.15, -0.1) is 0 Å². The molecule has 3 rings (SSSR count). The number of amides is 2. The number of sulfonamides is 1. The SMILES string of the molecule is O=C1NC(=O)/C(=C/c2ccc(OCCNS(=O)(=O)c3cccc(Cl)c3)cc2)S1. The highest BCUT2D eigenvalue weighted by molar-refractivity contribution is 8.18. The largest absolute Gasteiger partial charge is 0.492 e. The van der Waals surface area contributed by atoms with E-state index >= 15 is 0 Å². The first kappa shape index (κ1) is 20.4. The van der Waals surface area contributed by atoms with Crippen molar-refractivity contribution in [2.24, 2.45) is 0 Å². The predicted octanol–water partition coefficient (Wildman–Crippen LogP) is 3.02. The highest BCUT2D eigenvalue weighted by Gasteiger charge is 2.24. The topological polar surface area (TPSA) is 102 Å². The molecule has 10 heteroatoms. The van der Waals surface area contributed by atoms with E-state index in [1.54, 1.807) is 42.5 Å². The van der Waals surface area contributed by atoms with E-state index in [0.717, 1.165) is 17.3 Å². The molecule has 1 aliphatic rings. The van der Waals surface area contributed by atoms with Crippen molar-refractivity contribution in [3.63, 3.8) is 0 Å². The van der Waals surface area contributed by atoms with E-state index in [0.29, 0.717) is 15.7 Å². The summed E-state index contributed by atoms with van der Waals surface area (Å²) >= 11 is 6.66. The average molecular weight is 439 g/mol. The van der Waals surface area contributed by atoms with Gasteiger partial charge in [0, 0.05) is 11.6 Å². The molecule has 1 heterocycles. The Hall–Kier alpha value is -2.33. The number of hydrogen-bond donors (Lipinski definition) is 2. The maximum absolute atomic E-state index is 12.2. The molecule has 2 aromatic rings. The molecule has 1 aliphatic heterocycles. The molecule has 2 N–H and O–H groups in total. The molecule has 28 heavy (non-hydrogen) atoms. The molecule has 1 saturated heterocycles. The highest BCUT2D eigenvalue weighted by atomic mass is 35.5. The van der Waals surface area contributed by atoms with Crippen LogP contribution in [0.5, 0.6) is 5.75 Å². The van der Waals surface area contributed by atoms with Gasteiger partial charge < -0.3 is 4.74 Å². The molecular formula is C18H15ClN2O5S2. The van der Waals surface area contributed by atoms with Crippen molar-refractivity contribution in [2.45, 2.75) is 4.90 Å². The Bertz CT molecular complexity index is 1040. The Morgan fingerprint density at radius 1 is 1.14 bits per heavy atom. The first-order valence-corrected chi connectivity index (χ1v) is 10.7. The second kappa shape index (κ2) is 8.78. The predicted molar refractivity (Wildman–Crippen MR) is 108 cm³/mol. The van der Waals surface area contributed by atoms with E-state index in [9.17, 15) is 18.0 Å². The monoisotopic (exact) mass is 438 g/mol. The van der Waals surface area contributed by atoms with Crippen molar-refractivity contribution < 1.29 is 22.7 Å². The Balaban J connectivity index is 1.51. The maximum Gasteiger partial charge on any atom is 0.290 e. The van der Waals surface area contributed by atoms with Crippen LogP contribution in [0.4, 0.5) is 4.79 Å². The quantitative estimate of drug-likeness (QED) is 0.509. The smallest absolute Gasteiger partial charge is 0.290 e. The van der Waals surface area contributed by atoms with E-state index in [4.69, 9.17) is 16.3 Å². The average Bonchev–Trinajstić information content (AvgIpc) is 2.97. The lowest BCUT2D eigenvalue weighted by Crippen LogP contribution is -2.28. The molecule has 2 amide bonds. The maximum atomic E-state index is 12.2. The number of nitrogens with one attached hydrogen (secondary N) is 2. The van der Waals surface area contributed by atoms with Gasteiger partial charge in [-0.2, -0.15) is 0 Å². The first-order valence-electron chi connectivity index (χ1n) is 8.06. The summed E-state index contributed by atoms with van der Waals surface area (Å²) < 4.78 is 32.3. The van der Waals surface area contributed by atoms with E-state index < -0.39 is 21.2 Å². The fraction of sp³-hybridized carbons (Fsp3) is 0.111. The summed E-state index contributed by atoms with van der Waals surface area (Å²) in [6, 6.07) is 12.8. The van der Waals surface area contributed by atoms with E-state index in [1.807, 2.05) is 0 Å². The first-order chi connectivity index (χ1) is 13.3. The van der Waals surface area contributed by atoms with E-state index in [-0.39, 0.29) is 18.0 Å². The fourth-order valence-electron chi connectivity index (χ4n) is 2.30. The number of thioether (sulfide) groups is 1. The summed E-state index contributed by atoms with van der Waals surface area (Å²) in [7, 11) is -3.66. The van der Waals surface area contributed by atoms with Gasteiger partial charge in [-0.05, 0) is 53.7 Å². The Morgan fingerprint density at radius 2 is 1.89 bits per heavy atom. The van der Waals surface area contributed by atoms with Crippen LogP contribution in [-0.2, 0) is 14.8 Å². The molecule has 0 unspecified atom stereocenters. The molecule has 0 atom stereocenters. The number of imide groups is 1. The van der Waals surface area contributed by atoms with Gasteiger partial charge in [0.25, 0.3) is 11.1 Å². The van der Waals surface area contributed by atoms with Crippen molar-refractivity contribution in [1.29, 1.82) is 0 Å². The lowest BCUT2D eigenvalue weighted by atomic mass is 10.2. The fourth-order valence-corrected chi connectivity index (χ4v) is 4.29. The van der Waals surface area contributed by atoms with Crippen molar-refractivity contribution in [1.82, 2.24) is 10.0 Å². The zero-order chi connectivity index (χ0) is 20.1. The van der Waals surface area contributed by atoms with Crippen LogP contribution in [0.3, 0.4) is 0 Å². The van der Waals surface area contributed by atoms with Gasteiger partial charge >= 0.3 is 0 Å². The summed E-state index contributed by atoms with van der Waals surface area (Å²) in [5, 5.41) is 2.14. The number of carbonyl (C=O) groups excluding carboxylic acids is 2. The van der Waals surface area contributed by atoms with Crippen LogP contribution >= 0.6 is 23.4 Å². The Kier molecular flexibility index (Phi) is 6.40. The summed E-state index contributed by atoms with van der Waals surface area (Å²) in [6.07, 6.45) is 1.60. The normalized spacial score (nSPS) is 15.7. The van der Waals surface area contributed by atoms with Crippen LogP contribution in [0.1, 0.15) is 5.56 Å². The van der Waals surface area contributed by atoms with Gasteiger partial charge in [0.1, 0.15) is 12.4 Å². The minimum Gasteiger partial charge on any atom is -0.492 e. The molecule has 1 fully saturated rings. The molecule has 0 aromatic heterocycles.